The van der Waals surface area contributed by atoms with Crippen LogP contribution in [0.4, 0.5) is 10.5 Å². The third-order valence-electron chi connectivity index (χ3n) is 6.20. The molecule has 0 saturated carbocycles. The van der Waals surface area contributed by atoms with Crippen LogP contribution in [0.5, 0.6) is 11.5 Å². The zero-order valence-corrected chi connectivity index (χ0v) is 24.6. The van der Waals surface area contributed by atoms with Gasteiger partial charge in [-0.25, -0.2) is 9.69 Å². The van der Waals surface area contributed by atoms with Gasteiger partial charge in [0.15, 0.2) is 0 Å². The predicted octanol–water partition coefficient (Wildman–Crippen LogP) is 8.12. The van der Waals surface area contributed by atoms with Crippen LogP contribution in [0, 0.1) is 0 Å². The first-order valence-corrected chi connectivity index (χ1v) is 13.9. The highest BCUT2D eigenvalue weighted by molar-refractivity contribution is 6.42. The third kappa shape index (κ3) is 6.72. The van der Waals surface area contributed by atoms with Gasteiger partial charge in [-0.2, -0.15) is 0 Å². The van der Waals surface area contributed by atoms with Gasteiger partial charge in [-0.1, -0.05) is 70.7 Å². The summed E-state index contributed by atoms with van der Waals surface area (Å²) in [6.45, 7) is 0.364. The number of nitrogens with one attached hydrogen (secondary N) is 1. The van der Waals surface area contributed by atoms with Gasteiger partial charge in [0, 0.05) is 21.2 Å². The number of nitrogens with zero attached hydrogens (tertiary/aromatic N) is 1. The minimum atomic E-state index is -0.880. The molecular formula is C31H20Cl4N2O5. The van der Waals surface area contributed by atoms with E-state index < -0.39 is 17.8 Å². The Hall–Kier alpha value is -4.01. The molecule has 11 heteroatoms. The Bertz CT molecular complexity index is 1720. The molecule has 0 aliphatic carbocycles. The minimum absolute atomic E-state index is 0.129. The highest BCUT2D eigenvalue weighted by Crippen LogP contribution is 2.30. The van der Waals surface area contributed by atoms with E-state index in [1.807, 2.05) is 18.2 Å². The Morgan fingerprint density at radius 3 is 2.24 bits per heavy atom. The second-order valence-electron chi connectivity index (χ2n) is 9.05. The smallest absolute Gasteiger partial charge is 0.335 e. The van der Waals surface area contributed by atoms with Crippen molar-refractivity contribution in [1.82, 2.24) is 5.32 Å². The zero-order chi connectivity index (χ0) is 29.8. The molecule has 0 unspecified atom stereocenters. The number of amides is 4. The van der Waals surface area contributed by atoms with Crippen molar-refractivity contribution in [2.75, 3.05) is 4.90 Å². The van der Waals surface area contributed by atoms with Gasteiger partial charge in [-0.3, -0.25) is 14.9 Å². The quantitative estimate of drug-likeness (QED) is 0.155. The topological polar surface area (TPSA) is 84.9 Å². The molecule has 42 heavy (non-hydrogen) atoms. The van der Waals surface area contributed by atoms with E-state index in [4.69, 9.17) is 55.9 Å². The van der Waals surface area contributed by atoms with Crippen LogP contribution in [0.15, 0.2) is 90.5 Å². The molecule has 1 fully saturated rings. The third-order valence-corrected chi connectivity index (χ3v) is 7.54. The summed E-state index contributed by atoms with van der Waals surface area (Å²) in [5.41, 5.74) is 1.88. The average molecular weight is 642 g/mol. The molecule has 4 aromatic carbocycles. The monoisotopic (exact) mass is 640 g/mol. The van der Waals surface area contributed by atoms with Gasteiger partial charge in [0.1, 0.15) is 30.3 Å². The summed E-state index contributed by atoms with van der Waals surface area (Å²) in [5.74, 6) is -0.819. The van der Waals surface area contributed by atoms with E-state index >= 15 is 0 Å². The van der Waals surface area contributed by atoms with Crippen LogP contribution in [0.2, 0.25) is 20.1 Å². The van der Waals surface area contributed by atoms with Crippen LogP contribution in [-0.4, -0.2) is 17.8 Å². The summed E-state index contributed by atoms with van der Waals surface area (Å²) >= 11 is 24.5. The number of benzene rings is 4. The molecule has 1 aliphatic rings. The Kier molecular flexibility index (Phi) is 9.04. The van der Waals surface area contributed by atoms with Gasteiger partial charge in [0.05, 0.1) is 15.7 Å². The molecule has 1 heterocycles. The number of hydrogen-bond acceptors (Lipinski definition) is 5. The SMILES string of the molecule is O=C1NC(=O)N(c2ccc(OCc3ccccc3Cl)cc2)C(=O)/C1=C/c1cc(Cl)ccc1OCc1ccc(Cl)c(Cl)c1. The van der Waals surface area contributed by atoms with Crippen molar-refractivity contribution < 1.29 is 23.9 Å². The number of anilines is 1. The summed E-state index contributed by atoms with van der Waals surface area (Å²) in [5, 5.41) is 3.94. The van der Waals surface area contributed by atoms with Crippen LogP contribution in [-0.2, 0) is 22.8 Å². The van der Waals surface area contributed by atoms with Crippen LogP contribution in [0.1, 0.15) is 16.7 Å². The number of ether oxygens (including phenoxy) is 2. The molecular weight excluding hydrogens is 622 g/mol. The van der Waals surface area contributed by atoms with E-state index in [0.29, 0.717) is 37.2 Å². The van der Waals surface area contributed by atoms with Gasteiger partial charge in [0.2, 0.25) is 0 Å². The molecule has 0 bridgehead atoms. The van der Waals surface area contributed by atoms with Crippen molar-refractivity contribution in [3.8, 4) is 11.5 Å². The molecule has 212 valence electrons. The van der Waals surface area contributed by atoms with Gasteiger partial charge in [0.25, 0.3) is 11.8 Å². The number of carbonyl (C=O) groups is 3. The lowest BCUT2D eigenvalue weighted by Crippen LogP contribution is -2.54. The molecule has 4 amide bonds. The molecule has 1 N–H and O–H groups in total. The Morgan fingerprint density at radius 1 is 0.738 bits per heavy atom. The standard InChI is InChI=1S/C31H20Cl4N2O5/c32-21-6-12-28(42-16-18-5-11-26(34)27(35)13-18)20(14-21)15-24-29(38)36-31(40)37(30(24)39)22-7-9-23(10-8-22)41-17-19-3-1-2-4-25(19)33/h1-15H,16-17H2,(H,36,38,40)/b24-15+. The maximum atomic E-state index is 13.5. The largest absolute Gasteiger partial charge is 0.489 e. The summed E-state index contributed by atoms with van der Waals surface area (Å²) in [6, 6.07) is 22.6. The van der Waals surface area contributed by atoms with E-state index in [-0.39, 0.29) is 24.5 Å². The molecule has 0 spiro atoms. The van der Waals surface area contributed by atoms with Crippen molar-refractivity contribution >= 4 is 76.0 Å². The first-order chi connectivity index (χ1) is 20.2. The number of carbonyl (C=O) groups excluding carboxylic acids is 3. The summed E-state index contributed by atoms with van der Waals surface area (Å²) in [7, 11) is 0. The van der Waals surface area contributed by atoms with Crippen molar-refractivity contribution in [1.29, 1.82) is 0 Å². The summed E-state index contributed by atoms with van der Waals surface area (Å²) in [6.07, 6.45) is 1.33. The lowest BCUT2D eigenvalue weighted by atomic mass is 10.1. The first kappa shape index (κ1) is 29.5. The predicted molar refractivity (Wildman–Crippen MR) is 163 cm³/mol. The highest BCUT2D eigenvalue weighted by atomic mass is 35.5. The lowest BCUT2D eigenvalue weighted by Gasteiger charge is -2.26. The molecule has 0 atom stereocenters. The van der Waals surface area contributed by atoms with Crippen molar-refractivity contribution in [2.24, 2.45) is 0 Å². The average Bonchev–Trinajstić information content (AvgIpc) is 2.96. The van der Waals surface area contributed by atoms with Crippen LogP contribution in [0.25, 0.3) is 6.08 Å². The van der Waals surface area contributed by atoms with Crippen LogP contribution >= 0.6 is 46.4 Å². The van der Waals surface area contributed by atoms with Crippen molar-refractivity contribution in [2.45, 2.75) is 13.2 Å². The van der Waals surface area contributed by atoms with E-state index in [1.54, 1.807) is 54.6 Å². The van der Waals surface area contributed by atoms with Gasteiger partial charge >= 0.3 is 6.03 Å². The van der Waals surface area contributed by atoms with Gasteiger partial charge in [-0.15, -0.1) is 0 Å². The number of urea groups is 1. The normalized spacial score (nSPS) is 14.2. The van der Waals surface area contributed by atoms with E-state index in [2.05, 4.69) is 5.32 Å². The molecule has 0 radical (unpaired) electrons. The molecule has 1 aliphatic heterocycles. The number of imide groups is 2. The highest BCUT2D eigenvalue weighted by Gasteiger charge is 2.37. The Morgan fingerprint density at radius 2 is 1.50 bits per heavy atom. The fourth-order valence-corrected chi connectivity index (χ4v) is 4.76. The second-order valence-corrected chi connectivity index (χ2v) is 10.7. The molecule has 5 rings (SSSR count). The molecule has 7 nitrogen and oxygen atoms in total. The molecule has 0 aromatic heterocycles. The van der Waals surface area contributed by atoms with Crippen molar-refractivity contribution in [3.63, 3.8) is 0 Å². The second kappa shape index (κ2) is 12.9. The Labute approximate surface area is 261 Å². The first-order valence-electron chi connectivity index (χ1n) is 12.4. The maximum absolute atomic E-state index is 13.5. The fraction of sp³-hybridized carbons (Fsp3) is 0.0645. The number of halogens is 4. The Balaban J connectivity index is 1.36. The minimum Gasteiger partial charge on any atom is -0.489 e. The summed E-state index contributed by atoms with van der Waals surface area (Å²) in [4.78, 5) is 39.8. The number of hydrogen-bond donors (Lipinski definition) is 1. The van der Waals surface area contributed by atoms with E-state index in [0.717, 1.165) is 16.0 Å². The molecule has 1 saturated heterocycles. The van der Waals surface area contributed by atoms with Crippen LogP contribution < -0.4 is 19.7 Å². The van der Waals surface area contributed by atoms with Crippen molar-refractivity contribution in [3.05, 3.63) is 127 Å². The fourth-order valence-electron chi connectivity index (χ4n) is 4.07. The molecule has 4 aromatic rings. The lowest BCUT2D eigenvalue weighted by molar-refractivity contribution is -0.122. The van der Waals surface area contributed by atoms with Gasteiger partial charge in [-0.05, 0) is 72.3 Å². The van der Waals surface area contributed by atoms with Gasteiger partial charge < -0.3 is 9.47 Å². The van der Waals surface area contributed by atoms with Crippen LogP contribution in [0.3, 0.4) is 0 Å². The number of rotatable bonds is 8. The van der Waals surface area contributed by atoms with E-state index in [9.17, 15) is 14.4 Å². The maximum Gasteiger partial charge on any atom is 0.335 e. The van der Waals surface area contributed by atoms with E-state index in [1.165, 1.54) is 18.2 Å². The number of barbiturate groups is 1. The zero-order valence-electron chi connectivity index (χ0n) is 21.6. The summed E-state index contributed by atoms with van der Waals surface area (Å²) < 4.78 is 11.7.